The van der Waals surface area contributed by atoms with Gasteiger partial charge in [0.2, 0.25) is 5.28 Å². The smallest absolute Gasteiger partial charge is 0.224 e. The molecule has 5 heteroatoms. The summed E-state index contributed by atoms with van der Waals surface area (Å²) in [6.45, 7) is 3.07. The minimum Gasteiger partial charge on any atom is -0.369 e. The standard InChI is InChI=1S/C12H15BClN3/c1-2-3-7-15-11-8-5-4-6-9(13)10(8)16-12(14)17-11/h4-6H,2-3,7,13H2,1H3,(H,15,16,17). The normalized spacial score (nSPS) is 10.7. The molecule has 1 heterocycles. The summed E-state index contributed by atoms with van der Waals surface area (Å²) >= 11 is 5.95. The van der Waals surface area contributed by atoms with Crippen LogP contribution >= 0.6 is 11.6 Å². The van der Waals surface area contributed by atoms with E-state index < -0.39 is 0 Å². The fourth-order valence-electron chi connectivity index (χ4n) is 1.79. The summed E-state index contributed by atoms with van der Waals surface area (Å²) in [4.78, 5) is 8.54. The van der Waals surface area contributed by atoms with E-state index in [2.05, 4.69) is 22.2 Å². The van der Waals surface area contributed by atoms with E-state index in [0.29, 0.717) is 5.28 Å². The van der Waals surface area contributed by atoms with Crippen LogP contribution < -0.4 is 10.8 Å². The van der Waals surface area contributed by atoms with E-state index in [0.717, 1.165) is 41.6 Å². The molecule has 0 atom stereocenters. The van der Waals surface area contributed by atoms with Crippen molar-refractivity contribution in [2.24, 2.45) is 0 Å². The SMILES string of the molecule is Bc1cccc2c(NCCCC)nc(Cl)nc12. The fourth-order valence-corrected chi connectivity index (χ4v) is 1.96. The fraction of sp³-hybridized carbons (Fsp3) is 0.333. The summed E-state index contributed by atoms with van der Waals surface area (Å²) in [5.74, 6) is 0.831. The third-order valence-corrected chi connectivity index (χ3v) is 2.89. The van der Waals surface area contributed by atoms with Gasteiger partial charge in [0.1, 0.15) is 13.7 Å². The number of benzene rings is 1. The molecule has 17 heavy (non-hydrogen) atoms. The zero-order chi connectivity index (χ0) is 12.3. The lowest BCUT2D eigenvalue weighted by molar-refractivity contribution is 0.831. The highest BCUT2D eigenvalue weighted by molar-refractivity contribution is 6.39. The van der Waals surface area contributed by atoms with E-state index >= 15 is 0 Å². The van der Waals surface area contributed by atoms with Crippen LogP contribution in [0.5, 0.6) is 0 Å². The van der Waals surface area contributed by atoms with Crippen molar-refractivity contribution >= 4 is 41.6 Å². The second kappa shape index (κ2) is 5.36. The number of rotatable bonds is 4. The quantitative estimate of drug-likeness (QED) is 0.508. The van der Waals surface area contributed by atoms with Gasteiger partial charge in [-0.2, -0.15) is 0 Å². The Kier molecular flexibility index (Phi) is 3.84. The molecule has 3 nitrogen and oxygen atoms in total. The summed E-state index contributed by atoms with van der Waals surface area (Å²) in [5.41, 5.74) is 2.04. The first kappa shape index (κ1) is 12.2. The number of halogens is 1. The van der Waals surface area contributed by atoms with Crippen LogP contribution in [0.15, 0.2) is 18.2 Å². The molecule has 2 rings (SSSR count). The molecule has 0 saturated carbocycles. The van der Waals surface area contributed by atoms with Crippen LogP contribution in [-0.2, 0) is 0 Å². The number of aromatic nitrogens is 2. The minimum atomic E-state index is 0.297. The van der Waals surface area contributed by atoms with Crippen molar-refractivity contribution in [1.82, 2.24) is 9.97 Å². The molecule has 0 aliphatic rings. The number of nitrogens with zero attached hydrogens (tertiary/aromatic N) is 2. The van der Waals surface area contributed by atoms with Gasteiger partial charge in [0.15, 0.2) is 0 Å². The highest BCUT2D eigenvalue weighted by Gasteiger charge is 2.07. The van der Waals surface area contributed by atoms with Gasteiger partial charge in [-0.25, -0.2) is 9.97 Å². The van der Waals surface area contributed by atoms with E-state index in [9.17, 15) is 0 Å². The Bertz CT molecular complexity index is 530. The third-order valence-electron chi connectivity index (χ3n) is 2.72. The van der Waals surface area contributed by atoms with Crippen molar-refractivity contribution in [3.8, 4) is 0 Å². The summed E-state index contributed by atoms with van der Waals surface area (Å²) < 4.78 is 0. The van der Waals surface area contributed by atoms with E-state index in [1.54, 1.807) is 0 Å². The molecular weight excluding hydrogens is 232 g/mol. The first-order valence-corrected chi connectivity index (χ1v) is 6.27. The van der Waals surface area contributed by atoms with E-state index in [4.69, 9.17) is 11.6 Å². The number of unbranched alkanes of at least 4 members (excludes halogenated alkanes) is 1. The molecule has 1 aromatic carbocycles. The monoisotopic (exact) mass is 247 g/mol. The molecule has 88 valence electrons. The Labute approximate surface area is 107 Å². The van der Waals surface area contributed by atoms with Gasteiger partial charge in [-0.3, -0.25) is 0 Å². The predicted molar refractivity (Wildman–Crippen MR) is 76.1 cm³/mol. The van der Waals surface area contributed by atoms with Crippen molar-refractivity contribution in [3.05, 3.63) is 23.5 Å². The van der Waals surface area contributed by atoms with Gasteiger partial charge < -0.3 is 5.32 Å². The van der Waals surface area contributed by atoms with Crippen LogP contribution in [0.25, 0.3) is 10.9 Å². The minimum absolute atomic E-state index is 0.297. The zero-order valence-electron chi connectivity index (χ0n) is 10.1. The second-order valence-electron chi connectivity index (χ2n) is 4.09. The number of para-hydroxylation sites is 1. The second-order valence-corrected chi connectivity index (χ2v) is 4.43. The molecule has 0 saturated heterocycles. The summed E-state index contributed by atoms with van der Waals surface area (Å²) in [6.07, 6.45) is 2.28. The topological polar surface area (TPSA) is 37.8 Å². The lowest BCUT2D eigenvalue weighted by Crippen LogP contribution is -2.09. The molecule has 1 N–H and O–H groups in total. The van der Waals surface area contributed by atoms with Crippen molar-refractivity contribution in [1.29, 1.82) is 0 Å². The first-order valence-electron chi connectivity index (χ1n) is 5.89. The van der Waals surface area contributed by atoms with Crippen molar-refractivity contribution in [2.45, 2.75) is 19.8 Å². The number of fused-ring (bicyclic) bond motifs is 1. The molecule has 1 aromatic heterocycles. The molecule has 0 radical (unpaired) electrons. The highest BCUT2D eigenvalue weighted by Crippen LogP contribution is 2.20. The van der Waals surface area contributed by atoms with E-state index in [1.165, 1.54) is 0 Å². The van der Waals surface area contributed by atoms with Crippen LogP contribution in [0.3, 0.4) is 0 Å². The Morgan fingerprint density at radius 3 is 2.94 bits per heavy atom. The maximum absolute atomic E-state index is 5.95. The zero-order valence-corrected chi connectivity index (χ0v) is 10.9. The van der Waals surface area contributed by atoms with Gasteiger partial charge in [-0.05, 0) is 24.1 Å². The predicted octanol–water partition coefficient (Wildman–Crippen LogP) is 1.75. The maximum Gasteiger partial charge on any atom is 0.224 e. The first-order chi connectivity index (χ1) is 8.22. The number of hydrogen-bond donors (Lipinski definition) is 1. The average Bonchev–Trinajstić information content (AvgIpc) is 2.31. The van der Waals surface area contributed by atoms with Gasteiger partial charge in [0.25, 0.3) is 0 Å². The molecule has 0 amide bonds. The third kappa shape index (κ3) is 2.69. The number of hydrogen-bond acceptors (Lipinski definition) is 3. The molecule has 2 aromatic rings. The van der Waals surface area contributed by atoms with Crippen LogP contribution in [0, 0.1) is 0 Å². The van der Waals surface area contributed by atoms with Crippen LogP contribution in [0.4, 0.5) is 5.82 Å². The molecule has 0 aliphatic carbocycles. The Balaban J connectivity index is 2.43. The number of anilines is 1. The lowest BCUT2D eigenvalue weighted by Gasteiger charge is -2.09. The Hall–Kier alpha value is -1.29. The molecular formula is C12H15BClN3. The molecule has 0 fully saturated rings. The molecule has 0 aliphatic heterocycles. The summed E-state index contributed by atoms with van der Waals surface area (Å²) in [5, 5.41) is 4.65. The van der Waals surface area contributed by atoms with Crippen LogP contribution in [0.1, 0.15) is 19.8 Å². The van der Waals surface area contributed by atoms with Gasteiger partial charge >= 0.3 is 0 Å². The Morgan fingerprint density at radius 1 is 1.35 bits per heavy atom. The number of nitrogens with one attached hydrogen (secondary N) is 1. The molecule has 0 unspecified atom stereocenters. The van der Waals surface area contributed by atoms with E-state index in [1.807, 2.05) is 26.0 Å². The molecule has 0 bridgehead atoms. The highest BCUT2D eigenvalue weighted by atomic mass is 35.5. The average molecular weight is 248 g/mol. The van der Waals surface area contributed by atoms with Gasteiger partial charge in [-0.1, -0.05) is 30.9 Å². The van der Waals surface area contributed by atoms with Gasteiger partial charge in [0, 0.05) is 11.9 Å². The van der Waals surface area contributed by atoms with Crippen LogP contribution in [0.2, 0.25) is 5.28 Å². The van der Waals surface area contributed by atoms with Gasteiger partial charge in [-0.15, -0.1) is 0 Å². The van der Waals surface area contributed by atoms with Crippen molar-refractivity contribution < 1.29 is 0 Å². The summed E-state index contributed by atoms with van der Waals surface area (Å²) in [7, 11) is 2.03. The van der Waals surface area contributed by atoms with Crippen LogP contribution in [-0.4, -0.2) is 24.4 Å². The maximum atomic E-state index is 5.95. The van der Waals surface area contributed by atoms with Crippen molar-refractivity contribution in [3.63, 3.8) is 0 Å². The van der Waals surface area contributed by atoms with Gasteiger partial charge in [0.05, 0.1) is 5.52 Å². The summed E-state index contributed by atoms with van der Waals surface area (Å²) in [6, 6.07) is 6.06. The van der Waals surface area contributed by atoms with Crippen molar-refractivity contribution in [2.75, 3.05) is 11.9 Å². The lowest BCUT2D eigenvalue weighted by atomic mass is 9.93. The van der Waals surface area contributed by atoms with E-state index in [-0.39, 0.29) is 0 Å². The molecule has 0 spiro atoms. The largest absolute Gasteiger partial charge is 0.369 e. The Morgan fingerprint density at radius 2 is 2.18 bits per heavy atom.